The minimum absolute atomic E-state index is 0. The molecule has 0 saturated carbocycles. The van der Waals surface area contributed by atoms with Gasteiger partial charge in [-0.15, -0.1) is 106 Å². The molecule has 13 rings (SSSR count). The van der Waals surface area contributed by atoms with Gasteiger partial charge in [-0.3, -0.25) is 9.97 Å². The van der Waals surface area contributed by atoms with Gasteiger partial charge in [0.15, 0.2) is 0 Å². The van der Waals surface area contributed by atoms with E-state index in [0.717, 1.165) is 106 Å². The molecule has 4 heterocycles. The normalized spacial score (nSPS) is 11.3. The number of rotatable bonds is 10. The Morgan fingerprint density at radius 3 is 1.35 bits per heavy atom. The van der Waals surface area contributed by atoms with Crippen molar-refractivity contribution in [1.29, 1.82) is 0 Å². The summed E-state index contributed by atoms with van der Waals surface area (Å²) in [6, 6.07) is 82.4. The summed E-state index contributed by atoms with van der Waals surface area (Å²) in [6.45, 7) is 0. The molecule has 0 bridgehead atoms. The summed E-state index contributed by atoms with van der Waals surface area (Å²) < 4.78 is 6.63. The van der Waals surface area contributed by atoms with E-state index in [1.807, 2.05) is 71.6 Å². The smallest absolute Gasteiger partial charge is 0.373 e. The van der Waals surface area contributed by atoms with E-state index in [4.69, 9.17) is 4.98 Å². The SMILES string of the molecule is Cn1ccnc1-c1[c-]cc(-c2ccccc2-c2cc(-c3ccccc3-c3c[c-]c(-c4nccn4C)cc3)cc(-c3ccccc3-c3ccc(-c4[c-]ccc(-c5ccc6c(c5)sc5ccccc56)c4)nc3)c2)cc1.[Ir+3]. The molecule has 352 valence electrons. The van der Waals surface area contributed by atoms with Gasteiger partial charge in [-0.1, -0.05) is 138 Å². The van der Waals surface area contributed by atoms with Crippen LogP contribution in [0.15, 0.2) is 231 Å². The number of nitrogens with zero attached hydrogens (tertiary/aromatic N) is 5. The molecule has 0 unspecified atom stereocenters. The zero-order valence-electron chi connectivity index (χ0n) is 40.4. The number of fused-ring (bicyclic) bond motifs is 3. The molecular weight excluding hydrogens is 1100 g/mol. The third-order valence-corrected chi connectivity index (χ3v) is 15.0. The van der Waals surface area contributed by atoms with Gasteiger partial charge in [0, 0.05) is 65.3 Å². The molecule has 0 amide bonds. The van der Waals surface area contributed by atoms with Crippen LogP contribution in [0.5, 0.6) is 0 Å². The van der Waals surface area contributed by atoms with Crippen molar-refractivity contribution in [2.24, 2.45) is 14.1 Å². The summed E-state index contributed by atoms with van der Waals surface area (Å²) in [5.41, 5.74) is 19.3. The first-order valence-corrected chi connectivity index (χ1v) is 25.1. The van der Waals surface area contributed by atoms with Gasteiger partial charge in [-0.25, -0.2) is 0 Å². The average molecular weight is 1140 g/mol. The Balaban J connectivity index is 0.00000556. The molecule has 4 aromatic heterocycles. The summed E-state index contributed by atoms with van der Waals surface area (Å²) in [5.74, 6) is 1.76. The van der Waals surface area contributed by atoms with Crippen LogP contribution in [-0.2, 0) is 34.2 Å². The van der Waals surface area contributed by atoms with Crippen LogP contribution in [0.3, 0.4) is 0 Å². The fraction of sp³-hybridized carbons (Fsp3) is 0.0299. The molecule has 0 aliphatic carbocycles. The maximum absolute atomic E-state index is 5.10. The van der Waals surface area contributed by atoms with Crippen LogP contribution < -0.4 is 0 Å². The summed E-state index contributed by atoms with van der Waals surface area (Å²) in [6.07, 6.45) is 9.57. The van der Waals surface area contributed by atoms with Gasteiger partial charge in [0.25, 0.3) is 0 Å². The molecule has 0 spiro atoms. The van der Waals surface area contributed by atoms with Gasteiger partial charge < -0.3 is 14.1 Å². The van der Waals surface area contributed by atoms with E-state index in [1.165, 1.54) is 25.7 Å². The zero-order chi connectivity index (χ0) is 48.8. The number of imidazole rings is 2. The van der Waals surface area contributed by atoms with Gasteiger partial charge >= 0.3 is 20.1 Å². The van der Waals surface area contributed by atoms with Crippen molar-refractivity contribution in [1.82, 2.24) is 24.1 Å². The minimum Gasteiger partial charge on any atom is -0.373 e. The van der Waals surface area contributed by atoms with E-state index in [2.05, 4.69) is 222 Å². The molecule has 7 heteroatoms. The van der Waals surface area contributed by atoms with E-state index < -0.39 is 0 Å². The number of aromatic nitrogens is 5. The Hall–Kier alpha value is -8.58. The first kappa shape index (κ1) is 46.5. The van der Waals surface area contributed by atoms with E-state index in [0.29, 0.717) is 0 Å². The number of hydrogen-bond acceptors (Lipinski definition) is 4. The molecule has 0 fully saturated rings. The van der Waals surface area contributed by atoms with Crippen molar-refractivity contribution in [3.05, 3.63) is 249 Å². The van der Waals surface area contributed by atoms with E-state index in [9.17, 15) is 0 Å². The standard InChI is InChI=1S/C67H44N5S.Ir/c1-71-36-34-68-66(71)46-26-22-44(23-27-46)55-14-3-6-17-58(55)52-39-53(59-18-7-4-15-56(59)45-24-28-47(29-25-45)67-69-35-37-72(67)2)41-54(40-52)60-19-8-5-16-57(60)51-31-33-63(70-43-51)50-13-11-12-48(38-50)49-30-32-62-61-20-9-10-21-64(61)73-65(62)42-49;/h3-12,14-26,28,30-43H,1-2H3;/q-3;+3. The van der Waals surface area contributed by atoms with Crippen LogP contribution in [0.25, 0.3) is 132 Å². The average Bonchev–Trinajstić information content (AvgIpc) is 4.20. The van der Waals surface area contributed by atoms with Crippen molar-refractivity contribution >= 4 is 31.5 Å². The first-order chi connectivity index (χ1) is 36.0. The largest absolute Gasteiger partial charge is 3.00 e. The number of pyridine rings is 1. The minimum atomic E-state index is 0. The molecule has 0 saturated heterocycles. The number of benzene rings is 9. The van der Waals surface area contributed by atoms with E-state index in [-0.39, 0.29) is 20.1 Å². The Morgan fingerprint density at radius 1 is 0.378 bits per heavy atom. The topological polar surface area (TPSA) is 48.5 Å². The molecule has 0 N–H and O–H groups in total. The molecule has 9 aromatic carbocycles. The van der Waals surface area contributed by atoms with Gasteiger partial charge in [0.1, 0.15) is 0 Å². The molecule has 13 aromatic rings. The summed E-state index contributed by atoms with van der Waals surface area (Å²) in [4.78, 5) is 14.2. The first-order valence-electron chi connectivity index (χ1n) is 24.3. The second-order valence-electron chi connectivity index (χ2n) is 18.4. The quantitative estimate of drug-likeness (QED) is 0.128. The second kappa shape index (κ2) is 19.8. The van der Waals surface area contributed by atoms with Crippen LogP contribution in [0, 0.1) is 18.2 Å². The van der Waals surface area contributed by atoms with Gasteiger partial charge in [0.2, 0.25) is 0 Å². The van der Waals surface area contributed by atoms with Crippen molar-refractivity contribution in [3.8, 4) is 112 Å². The van der Waals surface area contributed by atoms with E-state index >= 15 is 0 Å². The fourth-order valence-corrected chi connectivity index (χ4v) is 11.3. The maximum atomic E-state index is 5.10. The van der Waals surface area contributed by atoms with Crippen LogP contribution in [0.4, 0.5) is 0 Å². The Morgan fingerprint density at radius 2 is 0.851 bits per heavy atom. The summed E-state index contributed by atoms with van der Waals surface area (Å²) in [5, 5.41) is 2.60. The van der Waals surface area contributed by atoms with Crippen molar-refractivity contribution in [3.63, 3.8) is 0 Å². The molecule has 0 radical (unpaired) electrons. The number of thiophene rings is 1. The number of aryl methyl sites for hydroxylation is 2. The Bertz CT molecular complexity index is 4020. The van der Waals surface area contributed by atoms with Gasteiger partial charge in [-0.2, -0.15) is 0 Å². The zero-order valence-corrected chi connectivity index (χ0v) is 43.6. The second-order valence-corrected chi connectivity index (χ2v) is 19.5. The van der Waals surface area contributed by atoms with Crippen LogP contribution in [-0.4, -0.2) is 24.1 Å². The molecular formula is C67H44IrN5S. The Labute approximate surface area is 448 Å². The fourth-order valence-electron chi connectivity index (χ4n) is 10.2. The van der Waals surface area contributed by atoms with Crippen LogP contribution in [0.2, 0.25) is 0 Å². The van der Waals surface area contributed by atoms with Crippen LogP contribution >= 0.6 is 11.3 Å². The van der Waals surface area contributed by atoms with Gasteiger partial charge in [0.05, 0.1) is 11.6 Å². The molecule has 74 heavy (non-hydrogen) atoms. The van der Waals surface area contributed by atoms with Crippen LogP contribution in [0.1, 0.15) is 0 Å². The molecule has 0 aliphatic rings. The predicted molar refractivity (Wildman–Crippen MR) is 302 cm³/mol. The molecule has 5 nitrogen and oxygen atoms in total. The Kier molecular flexibility index (Phi) is 12.4. The van der Waals surface area contributed by atoms with Crippen molar-refractivity contribution in [2.45, 2.75) is 0 Å². The number of hydrogen-bond donors (Lipinski definition) is 0. The van der Waals surface area contributed by atoms with E-state index in [1.54, 1.807) is 0 Å². The maximum Gasteiger partial charge on any atom is 3.00 e. The molecule has 0 aliphatic heterocycles. The van der Waals surface area contributed by atoms with Crippen molar-refractivity contribution in [2.75, 3.05) is 0 Å². The van der Waals surface area contributed by atoms with Crippen molar-refractivity contribution < 1.29 is 20.1 Å². The monoisotopic (exact) mass is 1140 g/mol. The summed E-state index contributed by atoms with van der Waals surface area (Å²) in [7, 11) is 4.02. The third kappa shape index (κ3) is 8.71. The third-order valence-electron chi connectivity index (χ3n) is 13.9. The summed E-state index contributed by atoms with van der Waals surface area (Å²) >= 11 is 1.84. The molecule has 0 atom stereocenters. The predicted octanol–water partition coefficient (Wildman–Crippen LogP) is 17.0. The van der Waals surface area contributed by atoms with Gasteiger partial charge in [-0.05, 0) is 86.1 Å².